The summed E-state index contributed by atoms with van der Waals surface area (Å²) in [5, 5.41) is 8.77. The quantitative estimate of drug-likeness (QED) is 0.587. The van der Waals surface area contributed by atoms with Gasteiger partial charge in [-0.2, -0.15) is 0 Å². The zero-order valence-corrected chi connectivity index (χ0v) is 7.00. The average molecular weight is 154 g/mol. The van der Waals surface area contributed by atoms with Crippen LogP contribution in [0.25, 0.3) is 0 Å². The molecule has 1 aliphatic carbocycles. The summed E-state index contributed by atoms with van der Waals surface area (Å²) in [6.45, 7) is 4.07. The van der Waals surface area contributed by atoms with Crippen LogP contribution in [0.2, 0.25) is 0 Å². The van der Waals surface area contributed by atoms with Crippen molar-refractivity contribution < 1.29 is 9.90 Å². The molecule has 0 aliphatic heterocycles. The highest BCUT2D eigenvalue weighted by atomic mass is 16.4. The lowest BCUT2D eigenvalue weighted by molar-refractivity contribution is -0.143. The molecule has 0 saturated carbocycles. The van der Waals surface area contributed by atoms with Crippen LogP contribution < -0.4 is 0 Å². The van der Waals surface area contributed by atoms with E-state index in [-0.39, 0.29) is 5.92 Å². The van der Waals surface area contributed by atoms with Crippen molar-refractivity contribution in [1.82, 2.24) is 0 Å². The summed E-state index contributed by atoms with van der Waals surface area (Å²) in [5.41, 5.74) is 1.33. The van der Waals surface area contributed by atoms with Crippen LogP contribution in [0.4, 0.5) is 0 Å². The lowest BCUT2D eigenvalue weighted by Gasteiger charge is -2.23. The summed E-state index contributed by atoms with van der Waals surface area (Å²) < 4.78 is 0. The van der Waals surface area contributed by atoms with E-state index >= 15 is 0 Å². The Morgan fingerprint density at radius 2 is 2.36 bits per heavy atom. The van der Waals surface area contributed by atoms with Crippen molar-refractivity contribution in [3.05, 3.63) is 11.6 Å². The Hall–Kier alpha value is -0.790. The predicted octanol–water partition coefficient (Wildman–Crippen LogP) is 2.06. The third kappa shape index (κ3) is 1.82. The molecule has 2 heteroatoms. The molecule has 0 spiro atoms. The highest BCUT2D eigenvalue weighted by Gasteiger charge is 2.26. The Bertz CT molecular complexity index is 194. The minimum absolute atomic E-state index is 0.154. The number of aliphatic carboxylic acids is 1. The van der Waals surface area contributed by atoms with Crippen LogP contribution in [-0.2, 0) is 4.79 Å². The average Bonchev–Trinajstić information content (AvgIpc) is 1.85. The number of carboxylic acid groups (broad SMARTS) is 1. The van der Waals surface area contributed by atoms with Crippen molar-refractivity contribution >= 4 is 5.97 Å². The third-order valence-electron chi connectivity index (χ3n) is 2.37. The normalized spacial score (nSPS) is 31.3. The fraction of sp³-hybridized carbons (Fsp3) is 0.667. The topological polar surface area (TPSA) is 37.3 Å². The van der Waals surface area contributed by atoms with Crippen LogP contribution in [0.5, 0.6) is 0 Å². The van der Waals surface area contributed by atoms with E-state index in [1.165, 1.54) is 5.57 Å². The zero-order valence-electron chi connectivity index (χ0n) is 7.00. The van der Waals surface area contributed by atoms with Crippen molar-refractivity contribution in [2.45, 2.75) is 26.7 Å². The van der Waals surface area contributed by atoms with E-state index in [0.717, 1.165) is 6.42 Å². The number of hydrogen-bond donors (Lipinski definition) is 1. The molecule has 0 aromatic carbocycles. The van der Waals surface area contributed by atoms with Gasteiger partial charge < -0.3 is 5.11 Å². The van der Waals surface area contributed by atoms with E-state index in [4.69, 9.17) is 5.11 Å². The first-order valence-corrected chi connectivity index (χ1v) is 3.99. The molecule has 0 aromatic rings. The Balaban J connectivity index is 2.65. The van der Waals surface area contributed by atoms with Crippen LogP contribution in [0.3, 0.4) is 0 Å². The van der Waals surface area contributed by atoms with Gasteiger partial charge in [-0.1, -0.05) is 18.6 Å². The second-order valence-electron chi connectivity index (χ2n) is 3.41. The maximum atomic E-state index is 10.6. The van der Waals surface area contributed by atoms with E-state index in [2.05, 4.69) is 6.92 Å². The van der Waals surface area contributed by atoms with Crippen LogP contribution in [-0.4, -0.2) is 11.1 Å². The molecule has 0 radical (unpaired) electrons. The molecule has 0 amide bonds. The third-order valence-corrected chi connectivity index (χ3v) is 2.37. The molecule has 1 aliphatic rings. The SMILES string of the molecule is CC1=CCC(C(=O)O)[C@H](C)C1. The van der Waals surface area contributed by atoms with Crippen molar-refractivity contribution in [3.63, 3.8) is 0 Å². The molecule has 1 unspecified atom stereocenters. The first kappa shape index (κ1) is 8.31. The van der Waals surface area contributed by atoms with E-state index in [0.29, 0.717) is 12.3 Å². The van der Waals surface area contributed by atoms with Gasteiger partial charge in [-0.3, -0.25) is 4.79 Å². The first-order chi connectivity index (χ1) is 5.11. The lowest BCUT2D eigenvalue weighted by Crippen LogP contribution is -2.23. The van der Waals surface area contributed by atoms with Crippen LogP contribution in [0.1, 0.15) is 26.7 Å². The smallest absolute Gasteiger partial charge is 0.307 e. The van der Waals surface area contributed by atoms with Crippen LogP contribution in [0, 0.1) is 11.8 Å². The molecule has 2 nitrogen and oxygen atoms in total. The van der Waals surface area contributed by atoms with Gasteiger partial charge in [-0.15, -0.1) is 0 Å². The molecular weight excluding hydrogens is 140 g/mol. The molecule has 0 saturated heterocycles. The summed E-state index contributed by atoms with van der Waals surface area (Å²) in [4.78, 5) is 10.6. The number of hydrogen-bond acceptors (Lipinski definition) is 1. The highest BCUT2D eigenvalue weighted by Crippen LogP contribution is 2.28. The van der Waals surface area contributed by atoms with Gasteiger partial charge in [-0.05, 0) is 25.7 Å². The zero-order chi connectivity index (χ0) is 8.43. The maximum absolute atomic E-state index is 10.6. The molecule has 62 valence electrons. The van der Waals surface area contributed by atoms with Gasteiger partial charge in [0.15, 0.2) is 0 Å². The van der Waals surface area contributed by atoms with Gasteiger partial charge in [-0.25, -0.2) is 0 Å². The Labute approximate surface area is 66.9 Å². The molecule has 2 atom stereocenters. The van der Waals surface area contributed by atoms with Crippen LogP contribution in [0.15, 0.2) is 11.6 Å². The number of allylic oxidation sites excluding steroid dienone is 2. The minimum atomic E-state index is -0.652. The summed E-state index contributed by atoms with van der Waals surface area (Å²) >= 11 is 0. The van der Waals surface area contributed by atoms with Gasteiger partial charge in [0.05, 0.1) is 5.92 Å². The number of carboxylic acids is 1. The van der Waals surface area contributed by atoms with Gasteiger partial charge in [0.2, 0.25) is 0 Å². The van der Waals surface area contributed by atoms with Gasteiger partial charge in [0.25, 0.3) is 0 Å². The van der Waals surface area contributed by atoms with Crippen LogP contribution >= 0.6 is 0 Å². The fourth-order valence-corrected chi connectivity index (χ4v) is 1.64. The van der Waals surface area contributed by atoms with E-state index in [1.807, 2.05) is 13.0 Å². The van der Waals surface area contributed by atoms with Crippen molar-refractivity contribution in [1.29, 1.82) is 0 Å². The molecule has 11 heavy (non-hydrogen) atoms. The maximum Gasteiger partial charge on any atom is 0.307 e. The minimum Gasteiger partial charge on any atom is -0.481 e. The standard InChI is InChI=1S/C9H14O2/c1-6-3-4-8(9(10)11)7(2)5-6/h3,7-8H,4-5H2,1-2H3,(H,10,11)/t7-,8?/m1/s1. The summed E-state index contributed by atoms with van der Waals surface area (Å²) in [7, 11) is 0. The van der Waals surface area contributed by atoms with E-state index < -0.39 is 5.97 Å². The molecule has 1 N–H and O–H groups in total. The monoisotopic (exact) mass is 154 g/mol. The fourth-order valence-electron chi connectivity index (χ4n) is 1.64. The molecule has 0 heterocycles. The summed E-state index contributed by atoms with van der Waals surface area (Å²) in [5.74, 6) is -0.502. The predicted molar refractivity (Wildman–Crippen MR) is 43.3 cm³/mol. The Kier molecular flexibility index (Phi) is 2.32. The van der Waals surface area contributed by atoms with Crippen molar-refractivity contribution in [2.75, 3.05) is 0 Å². The molecule has 0 aromatic heterocycles. The van der Waals surface area contributed by atoms with Gasteiger partial charge >= 0.3 is 5.97 Å². The van der Waals surface area contributed by atoms with E-state index in [1.54, 1.807) is 0 Å². The highest BCUT2D eigenvalue weighted by molar-refractivity contribution is 5.70. The van der Waals surface area contributed by atoms with Crippen molar-refractivity contribution in [2.24, 2.45) is 11.8 Å². The van der Waals surface area contributed by atoms with E-state index in [9.17, 15) is 4.79 Å². The lowest BCUT2D eigenvalue weighted by atomic mass is 9.81. The van der Waals surface area contributed by atoms with Crippen molar-refractivity contribution in [3.8, 4) is 0 Å². The molecule has 0 bridgehead atoms. The molecule has 1 rings (SSSR count). The summed E-state index contributed by atoms with van der Waals surface area (Å²) in [6.07, 6.45) is 3.69. The van der Waals surface area contributed by atoms with Gasteiger partial charge in [0, 0.05) is 0 Å². The molecule has 0 fully saturated rings. The Morgan fingerprint density at radius 1 is 1.73 bits per heavy atom. The number of rotatable bonds is 1. The summed E-state index contributed by atoms with van der Waals surface area (Å²) in [6, 6.07) is 0. The van der Waals surface area contributed by atoms with Gasteiger partial charge in [0.1, 0.15) is 0 Å². The number of carbonyl (C=O) groups is 1. The second-order valence-corrected chi connectivity index (χ2v) is 3.41. The second kappa shape index (κ2) is 3.07. The first-order valence-electron chi connectivity index (χ1n) is 3.99. The molecular formula is C9H14O2. The Morgan fingerprint density at radius 3 is 2.82 bits per heavy atom. The largest absolute Gasteiger partial charge is 0.481 e.